The molecule has 0 aliphatic carbocycles. The van der Waals surface area contributed by atoms with E-state index in [4.69, 9.17) is 4.74 Å². The van der Waals surface area contributed by atoms with Crippen molar-refractivity contribution < 1.29 is 18.7 Å². The van der Waals surface area contributed by atoms with Crippen LogP contribution in [0.2, 0.25) is 0 Å². The fraction of sp³-hybridized carbons (Fsp3) is 0.500. The predicted molar refractivity (Wildman–Crippen MR) is 74.0 cm³/mol. The molecular formula is C16H18FNO3. The first kappa shape index (κ1) is 14.2. The monoisotopic (exact) mass is 291 g/mol. The van der Waals surface area contributed by atoms with E-state index in [0.29, 0.717) is 26.1 Å². The molecule has 0 saturated carbocycles. The number of halogens is 1. The van der Waals surface area contributed by atoms with Crippen molar-refractivity contribution in [2.45, 2.75) is 31.6 Å². The van der Waals surface area contributed by atoms with Crippen molar-refractivity contribution in [1.29, 1.82) is 0 Å². The average Bonchev–Trinajstić information content (AvgIpc) is 2.66. The quantitative estimate of drug-likeness (QED) is 0.807. The van der Waals surface area contributed by atoms with Crippen LogP contribution in [0.15, 0.2) is 24.3 Å². The van der Waals surface area contributed by atoms with Crippen molar-refractivity contribution in [2.24, 2.45) is 5.41 Å². The number of benzene rings is 1. The van der Waals surface area contributed by atoms with Gasteiger partial charge in [-0.2, -0.15) is 0 Å². The van der Waals surface area contributed by atoms with Gasteiger partial charge in [0.15, 0.2) is 0 Å². The topological polar surface area (TPSA) is 55.4 Å². The van der Waals surface area contributed by atoms with Gasteiger partial charge in [-0.15, -0.1) is 0 Å². The van der Waals surface area contributed by atoms with Gasteiger partial charge in [0.05, 0.1) is 5.92 Å². The summed E-state index contributed by atoms with van der Waals surface area (Å²) in [6.07, 6.45) is 2.60. The van der Waals surface area contributed by atoms with Gasteiger partial charge in [0.2, 0.25) is 11.8 Å². The molecule has 2 fully saturated rings. The first-order valence-electron chi connectivity index (χ1n) is 7.28. The summed E-state index contributed by atoms with van der Waals surface area (Å²) < 4.78 is 18.6. The Bertz CT molecular complexity index is 547. The lowest BCUT2D eigenvalue weighted by Crippen LogP contribution is -2.51. The number of rotatable bonds is 1. The maximum Gasteiger partial charge on any atom is 0.234 e. The van der Waals surface area contributed by atoms with Crippen molar-refractivity contribution in [2.75, 3.05) is 13.2 Å². The van der Waals surface area contributed by atoms with Crippen LogP contribution in [0, 0.1) is 11.2 Å². The summed E-state index contributed by atoms with van der Waals surface area (Å²) in [5.41, 5.74) is 0.358. The molecule has 1 N–H and O–H groups in total. The van der Waals surface area contributed by atoms with Crippen LogP contribution in [0.4, 0.5) is 4.39 Å². The Kier molecular flexibility index (Phi) is 3.76. The minimum absolute atomic E-state index is 0.222. The molecule has 0 bridgehead atoms. The van der Waals surface area contributed by atoms with Gasteiger partial charge in [0.25, 0.3) is 0 Å². The molecule has 2 aliphatic rings. The summed E-state index contributed by atoms with van der Waals surface area (Å²) >= 11 is 0. The third kappa shape index (κ3) is 2.70. The van der Waals surface area contributed by atoms with Gasteiger partial charge in [0, 0.05) is 19.6 Å². The fourth-order valence-electron chi connectivity index (χ4n) is 3.61. The largest absolute Gasteiger partial charge is 0.381 e. The van der Waals surface area contributed by atoms with Crippen LogP contribution in [0.25, 0.3) is 0 Å². The van der Waals surface area contributed by atoms with Crippen LogP contribution in [0.5, 0.6) is 0 Å². The number of carbonyl (C=O) groups excluding carboxylic acids is 2. The molecule has 2 heterocycles. The SMILES string of the molecule is O=C1CC2(CCCOCC2)C(c2ccc(F)cc2)C(=O)N1. The molecule has 3 rings (SSSR count). The number of amides is 2. The molecule has 1 aromatic carbocycles. The van der Waals surface area contributed by atoms with Crippen LogP contribution in [-0.4, -0.2) is 25.0 Å². The average molecular weight is 291 g/mol. The van der Waals surface area contributed by atoms with E-state index in [1.807, 2.05) is 0 Å². The molecule has 0 aromatic heterocycles. The smallest absolute Gasteiger partial charge is 0.234 e. The maximum atomic E-state index is 13.1. The summed E-state index contributed by atoms with van der Waals surface area (Å²) in [4.78, 5) is 24.3. The number of hydrogen-bond donors (Lipinski definition) is 1. The Hall–Kier alpha value is -1.75. The van der Waals surface area contributed by atoms with E-state index in [9.17, 15) is 14.0 Å². The Balaban J connectivity index is 2.01. The standard InChI is InChI=1S/C16H18FNO3/c17-12-4-2-11(3-5-12)14-15(20)18-13(19)10-16(14)6-1-8-21-9-7-16/h2-5,14H,1,6-10H2,(H,18,19,20). The summed E-state index contributed by atoms with van der Waals surface area (Å²) in [6.45, 7) is 1.21. The number of nitrogens with one attached hydrogen (secondary N) is 1. The second-order valence-electron chi connectivity index (χ2n) is 5.90. The van der Waals surface area contributed by atoms with Gasteiger partial charge in [-0.1, -0.05) is 12.1 Å². The minimum atomic E-state index is -0.419. The summed E-state index contributed by atoms with van der Waals surface area (Å²) in [5.74, 6) is -1.25. The maximum absolute atomic E-state index is 13.1. The number of piperidine rings is 1. The molecule has 2 saturated heterocycles. The van der Waals surface area contributed by atoms with E-state index in [1.54, 1.807) is 12.1 Å². The second kappa shape index (κ2) is 5.56. The number of hydrogen-bond acceptors (Lipinski definition) is 3. The summed E-state index contributed by atoms with van der Waals surface area (Å²) in [5, 5.41) is 2.42. The van der Waals surface area contributed by atoms with Crippen molar-refractivity contribution >= 4 is 11.8 Å². The van der Waals surface area contributed by atoms with Crippen molar-refractivity contribution in [3.63, 3.8) is 0 Å². The van der Waals surface area contributed by atoms with Gasteiger partial charge in [0.1, 0.15) is 5.82 Å². The predicted octanol–water partition coefficient (Wildman–Crippen LogP) is 2.14. The number of ether oxygens (including phenoxy) is 1. The van der Waals surface area contributed by atoms with E-state index < -0.39 is 11.3 Å². The Morgan fingerprint density at radius 1 is 1.14 bits per heavy atom. The Morgan fingerprint density at radius 3 is 2.67 bits per heavy atom. The third-order valence-corrected chi connectivity index (χ3v) is 4.56. The zero-order chi connectivity index (χ0) is 14.9. The van der Waals surface area contributed by atoms with Crippen LogP contribution in [0.3, 0.4) is 0 Å². The lowest BCUT2D eigenvalue weighted by Gasteiger charge is -2.42. The molecular weight excluding hydrogens is 273 g/mol. The normalized spacial score (nSPS) is 30.0. The highest BCUT2D eigenvalue weighted by Crippen LogP contribution is 2.48. The molecule has 5 heteroatoms. The van der Waals surface area contributed by atoms with Crippen LogP contribution in [0.1, 0.15) is 37.2 Å². The first-order valence-corrected chi connectivity index (χ1v) is 7.28. The molecule has 112 valence electrons. The van der Waals surface area contributed by atoms with Gasteiger partial charge >= 0.3 is 0 Å². The molecule has 0 radical (unpaired) electrons. The molecule has 21 heavy (non-hydrogen) atoms. The Labute approximate surface area is 122 Å². The van der Waals surface area contributed by atoms with E-state index >= 15 is 0 Å². The lowest BCUT2D eigenvalue weighted by molar-refractivity contribution is -0.140. The van der Waals surface area contributed by atoms with E-state index in [2.05, 4.69) is 5.32 Å². The highest BCUT2D eigenvalue weighted by molar-refractivity contribution is 6.02. The van der Waals surface area contributed by atoms with Crippen LogP contribution in [-0.2, 0) is 14.3 Å². The van der Waals surface area contributed by atoms with E-state index in [1.165, 1.54) is 12.1 Å². The summed E-state index contributed by atoms with van der Waals surface area (Å²) in [6, 6.07) is 6.01. The van der Waals surface area contributed by atoms with Crippen molar-refractivity contribution in [1.82, 2.24) is 5.32 Å². The fourth-order valence-corrected chi connectivity index (χ4v) is 3.61. The molecule has 2 unspecified atom stereocenters. The van der Waals surface area contributed by atoms with E-state index in [-0.39, 0.29) is 17.6 Å². The van der Waals surface area contributed by atoms with Crippen molar-refractivity contribution in [3.8, 4) is 0 Å². The minimum Gasteiger partial charge on any atom is -0.381 e. The van der Waals surface area contributed by atoms with Crippen molar-refractivity contribution in [3.05, 3.63) is 35.6 Å². The lowest BCUT2D eigenvalue weighted by atomic mass is 9.63. The van der Waals surface area contributed by atoms with Gasteiger partial charge in [-0.25, -0.2) is 4.39 Å². The van der Waals surface area contributed by atoms with E-state index in [0.717, 1.165) is 18.4 Å². The molecule has 2 atom stereocenters. The highest BCUT2D eigenvalue weighted by atomic mass is 19.1. The van der Waals surface area contributed by atoms with Gasteiger partial charge < -0.3 is 4.74 Å². The second-order valence-corrected chi connectivity index (χ2v) is 5.90. The zero-order valence-corrected chi connectivity index (χ0v) is 11.7. The van der Waals surface area contributed by atoms with Crippen LogP contribution >= 0.6 is 0 Å². The molecule has 2 amide bonds. The molecule has 4 nitrogen and oxygen atoms in total. The van der Waals surface area contributed by atoms with Crippen LogP contribution < -0.4 is 5.32 Å². The zero-order valence-electron chi connectivity index (χ0n) is 11.7. The summed E-state index contributed by atoms with van der Waals surface area (Å²) in [7, 11) is 0. The van der Waals surface area contributed by atoms with Gasteiger partial charge in [-0.05, 0) is 42.4 Å². The first-order chi connectivity index (χ1) is 10.1. The number of imide groups is 1. The molecule has 1 spiro atoms. The number of carbonyl (C=O) groups is 2. The Morgan fingerprint density at radius 2 is 1.90 bits per heavy atom. The molecule has 2 aliphatic heterocycles. The third-order valence-electron chi connectivity index (χ3n) is 4.56. The molecule has 1 aromatic rings. The van der Waals surface area contributed by atoms with Gasteiger partial charge in [-0.3, -0.25) is 14.9 Å². The highest BCUT2D eigenvalue weighted by Gasteiger charge is 2.49.